The predicted octanol–water partition coefficient (Wildman–Crippen LogP) is 3.26. The van der Waals surface area contributed by atoms with Crippen molar-refractivity contribution in [2.24, 2.45) is 0 Å². The number of rotatable bonds is 3. The maximum Gasteiger partial charge on any atom is 0.336 e. The standard InChI is InChI=1S/C17H12N2O2/c18-10-12-5-6-16-13(9-12)7-8-19(16)11-14-3-1-2-4-15(14)17(20)21/h1-9H,11H2,(H,20,21). The minimum absolute atomic E-state index is 0.313. The predicted molar refractivity (Wildman–Crippen MR) is 79.2 cm³/mol. The molecule has 0 atom stereocenters. The lowest BCUT2D eigenvalue weighted by atomic mass is 10.1. The van der Waals surface area contributed by atoms with E-state index >= 15 is 0 Å². The van der Waals surface area contributed by atoms with E-state index in [0.717, 1.165) is 16.5 Å². The highest BCUT2D eigenvalue weighted by molar-refractivity contribution is 5.89. The van der Waals surface area contributed by atoms with Crippen molar-refractivity contribution >= 4 is 16.9 Å². The van der Waals surface area contributed by atoms with Crippen LogP contribution in [0.1, 0.15) is 21.5 Å². The van der Waals surface area contributed by atoms with Gasteiger partial charge in [0.25, 0.3) is 0 Å². The van der Waals surface area contributed by atoms with Crippen molar-refractivity contribution in [3.8, 4) is 6.07 Å². The summed E-state index contributed by atoms with van der Waals surface area (Å²) in [5, 5.41) is 19.1. The number of carbonyl (C=O) groups is 1. The van der Waals surface area contributed by atoms with E-state index in [2.05, 4.69) is 6.07 Å². The number of hydrogen-bond acceptors (Lipinski definition) is 2. The summed E-state index contributed by atoms with van der Waals surface area (Å²) in [6.45, 7) is 0.484. The Balaban J connectivity index is 2.03. The van der Waals surface area contributed by atoms with Gasteiger partial charge in [-0.2, -0.15) is 5.26 Å². The van der Waals surface area contributed by atoms with Gasteiger partial charge in [-0.3, -0.25) is 0 Å². The highest BCUT2D eigenvalue weighted by Crippen LogP contribution is 2.20. The Morgan fingerprint density at radius 3 is 2.76 bits per heavy atom. The summed E-state index contributed by atoms with van der Waals surface area (Å²) >= 11 is 0. The topological polar surface area (TPSA) is 66.0 Å². The number of nitrogens with zero attached hydrogens (tertiary/aromatic N) is 2. The zero-order valence-corrected chi connectivity index (χ0v) is 11.2. The molecule has 0 saturated heterocycles. The molecule has 0 unspecified atom stereocenters. The third-order valence-electron chi connectivity index (χ3n) is 3.49. The Labute approximate surface area is 121 Å². The van der Waals surface area contributed by atoms with Crippen LogP contribution in [-0.2, 0) is 6.54 Å². The maximum absolute atomic E-state index is 11.3. The normalized spacial score (nSPS) is 10.4. The van der Waals surface area contributed by atoms with E-state index in [1.807, 2.05) is 41.1 Å². The molecule has 4 heteroatoms. The van der Waals surface area contributed by atoms with Gasteiger partial charge >= 0.3 is 5.97 Å². The molecular formula is C17H12N2O2. The van der Waals surface area contributed by atoms with Crippen molar-refractivity contribution in [1.82, 2.24) is 4.57 Å². The second-order valence-electron chi connectivity index (χ2n) is 4.79. The summed E-state index contributed by atoms with van der Waals surface area (Å²) in [6.07, 6.45) is 1.91. The molecule has 1 aromatic heterocycles. The van der Waals surface area contributed by atoms with Crippen molar-refractivity contribution in [1.29, 1.82) is 5.26 Å². The molecule has 0 aliphatic rings. The van der Waals surface area contributed by atoms with E-state index < -0.39 is 5.97 Å². The van der Waals surface area contributed by atoms with E-state index in [1.165, 1.54) is 0 Å². The Bertz CT molecular complexity index is 872. The van der Waals surface area contributed by atoms with Crippen LogP contribution in [0.25, 0.3) is 10.9 Å². The van der Waals surface area contributed by atoms with Gasteiger partial charge in [0.15, 0.2) is 0 Å². The van der Waals surface area contributed by atoms with E-state index in [0.29, 0.717) is 17.7 Å². The molecule has 0 saturated carbocycles. The quantitative estimate of drug-likeness (QED) is 0.798. The summed E-state index contributed by atoms with van der Waals surface area (Å²) in [6, 6.07) is 16.5. The highest BCUT2D eigenvalue weighted by atomic mass is 16.4. The van der Waals surface area contributed by atoms with Crippen LogP contribution in [0.5, 0.6) is 0 Å². The minimum Gasteiger partial charge on any atom is -0.478 e. The van der Waals surface area contributed by atoms with Gasteiger partial charge in [-0.15, -0.1) is 0 Å². The molecule has 0 bridgehead atoms. The van der Waals surface area contributed by atoms with E-state index in [4.69, 9.17) is 5.26 Å². The molecule has 0 aliphatic heterocycles. The first-order chi connectivity index (χ1) is 10.2. The number of carboxylic acids is 1. The summed E-state index contributed by atoms with van der Waals surface area (Å²) in [7, 11) is 0. The van der Waals surface area contributed by atoms with Crippen LogP contribution in [0.2, 0.25) is 0 Å². The number of aromatic carboxylic acids is 1. The van der Waals surface area contributed by atoms with Crippen LogP contribution in [0, 0.1) is 11.3 Å². The average Bonchev–Trinajstić information content (AvgIpc) is 2.90. The van der Waals surface area contributed by atoms with Gasteiger partial charge in [0.2, 0.25) is 0 Å². The molecule has 21 heavy (non-hydrogen) atoms. The average molecular weight is 276 g/mol. The van der Waals surface area contributed by atoms with E-state index in [9.17, 15) is 9.90 Å². The Hall–Kier alpha value is -3.06. The summed E-state index contributed by atoms with van der Waals surface area (Å²) in [4.78, 5) is 11.3. The van der Waals surface area contributed by atoms with Gasteiger partial charge in [-0.25, -0.2) is 4.79 Å². The Morgan fingerprint density at radius 1 is 1.19 bits per heavy atom. The number of hydrogen-bond donors (Lipinski definition) is 1. The fraction of sp³-hybridized carbons (Fsp3) is 0.0588. The molecule has 3 rings (SSSR count). The molecule has 102 valence electrons. The van der Waals surface area contributed by atoms with Crippen LogP contribution in [0.3, 0.4) is 0 Å². The third kappa shape index (κ3) is 2.37. The van der Waals surface area contributed by atoms with Gasteiger partial charge in [-0.05, 0) is 35.9 Å². The van der Waals surface area contributed by atoms with Gasteiger partial charge in [0, 0.05) is 23.6 Å². The van der Waals surface area contributed by atoms with Crippen molar-refractivity contribution in [3.63, 3.8) is 0 Å². The van der Waals surface area contributed by atoms with Crippen LogP contribution in [0.4, 0.5) is 0 Å². The molecule has 0 aliphatic carbocycles. The number of carboxylic acid groups (broad SMARTS) is 1. The largest absolute Gasteiger partial charge is 0.478 e. The first-order valence-corrected chi connectivity index (χ1v) is 6.49. The van der Waals surface area contributed by atoms with Gasteiger partial charge in [0.05, 0.1) is 17.2 Å². The maximum atomic E-state index is 11.3. The zero-order valence-electron chi connectivity index (χ0n) is 11.2. The highest BCUT2D eigenvalue weighted by Gasteiger charge is 2.10. The fourth-order valence-electron chi connectivity index (χ4n) is 2.46. The number of fused-ring (bicyclic) bond motifs is 1. The minimum atomic E-state index is -0.922. The zero-order chi connectivity index (χ0) is 14.8. The fourth-order valence-corrected chi connectivity index (χ4v) is 2.46. The first kappa shape index (κ1) is 12.9. The SMILES string of the molecule is N#Cc1ccc2c(ccn2Cc2ccccc2C(=O)O)c1. The lowest BCUT2D eigenvalue weighted by Crippen LogP contribution is -2.06. The number of benzene rings is 2. The Kier molecular flexibility index (Phi) is 3.17. The molecule has 0 fully saturated rings. The molecule has 0 spiro atoms. The Morgan fingerprint density at radius 2 is 2.00 bits per heavy atom. The number of nitriles is 1. The van der Waals surface area contributed by atoms with Crippen LogP contribution in [-0.4, -0.2) is 15.6 Å². The molecule has 1 N–H and O–H groups in total. The second kappa shape index (κ2) is 5.14. The molecule has 4 nitrogen and oxygen atoms in total. The molecular weight excluding hydrogens is 264 g/mol. The molecule has 0 amide bonds. The number of aromatic nitrogens is 1. The molecule has 2 aromatic carbocycles. The molecule has 1 heterocycles. The lowest BCUT2D eigenvalue weighted by Gasteiger charge is -2.08. The van der Waals surface area contributed by atoms with Crippen molar-refractivity contribution in [3.05, 3.63) is 71.4 Å². The van der Waals surface area contributed by atoms with Gasteiger partial charge < -0.3 is 9.67 Å². The van der Waals surface area contributed by atoms with E-state index in [1.54, 1.807) is 18.2 Å². The third-order valence-corrected chi connectivity index (χ3v) is 3.49. The van der Waals surface area contributed by atoms with E-state index in [-0.39, 0.29) is 0 Å². The van der Waals surface area contributed by atoms with Gasteiger partial charge in [-0.1, -0.05) is 18.2 Å². The van der Waals surface area contributed by atoms with Gasteiger partial charge in [0.1, 0.15) is 0 Å². The van der Waals surface area contributed by atoms with Crippen molar-refractivity contribution in [2.45, 2.75) is 6.54 Å². The molecule has 3 aromatic rings. The smallest absolute Gasteiger partial charge is 0.336 e. The monoisotopic (exact) mass is 276 g/mol. The summed E-state index contributed by atoms with van der Waals surface area (Å²) < 4.78 is 1.98. The van der Waals surface area contributed by atoms with Crippen LogP contribution >= 0.6 is 0 Å². The summed E-state index contributed by atoms with van der Waals surface area (Å²) in [5.41, 5.74) is 2.67. The van der Waals surface area contributed by atoms with Crippen LogP contribution in [0.15, 0.2) is 54.7 Å². The molecule has 0 radical (unpaired) electrons. The van der Waals surface area contributed by atoms with Crippen molar-refractivity contribution < 1.29 is 9.90 Å². The van der Waals surface area contributed by atoms with Crippen LogP contribution < -0.4 is 0 Å². The summed E-state index contributed by atoms with van der Waals surface area (Å²) in [5.74, 6) is -0.922. The lowest BCUT2D eigenvalue weighted by molar-refractivity contribution is 0.0695. The second-order valence-corrected chi connectivity index (χ2v) is 4.79. The van der Waals surface area contributed by atoms with Crippen molar-refractivity contribution in [2.75, 3.05) is 0 Å². The first-order valence-electron chi connectivity index (χ1n) is 6.49.